The first-order valence-electron chi connectivity index (χ1n) is 4.15. The monoisotopic (exact) mass is 215 g/mol. The molecule has 0 amide bonds. The Kier molecular flexibility index (Phi) is 12.0. The van der Waals surface area contributed by atoms with Gasteiger partial charge in [-0.3, -0.25) is 0 Å². The maximum atomic E-state index is 5.00. The highest BCUT2D eigenvalue weighted by Gasteiger charge is 2.08. The number of halogens is 2. The van der Waals surface area contributed by atoms with E-state index in [1.165, 1.54) is 32.4 Å². The molecule has 0 radical (unpaired) electrons. The summed E-state index contributed by atoms with van der Waals surface area (Å²) in [4.78, 5) is 2.48. The van der Waals surface area contributed by atoms with Crippen molar-refractivity contribution in [1.29, 1.82) is 0 Å². The van der Waals surface area contributed by atoms with Crippen LogP contribution in [-0.4, -0.2) is 38.3 Å². The van der Waals surface area contributed by atoms with E-state index in [1.54, 1.807) is 7.11 Å². The highest BCUT2D eigenvalue weighted by atomic mass is 35.5. The molecule has 1 fully saturated rings. The van der Waals surface area contributed by atoms with Crippen LogP contribution >= 0.6 is 24.8 Å². The summed E-state index contributed by atoms with van der Waals surface area (Å²) in [6.45, 7) is 4.57. The van der Waals surface area contributed by atoms with Crippen molar-refractivity contribution < 1.29 is 4.74 Å². The number of hydrogen-bond donors (Lipinski definition) is 0. The molecule has 76 valence electrons. The molecule has 0 aliphatic carbocycles. The van der Waals surface area contributed by atoms with Crippen molar-refractivity contribution in [2.45, 2.75) is 19.3 Å². The van der Waals surface area contributed by atoms with Gasteiger partial charge in [-0.2, -0.15) is 0 Å². The summed E-state index contributed by atoms with van der Waals surface area (Å²) in [6, 6.07) is 0. The Labute approximate surface area is 87.5 Å². The van der Waals surface area contributed by atoms with E-state index in [0.717, 1.165) is 13.2 Å². The molecule has 1 aliphatic heterocycles. The predicted molar refractivity (Wildman–Crippen MR) is 56.7 cm³/mol. The average Bonchev–Trinajstić information content (AvgIpc) is 2.03. The molecule has 1 rings (SSSR count). The third kappa shape index (κ3) is 6.06. The van der Waals surface area contributed by atoms with Gasteiger partial charge < -0.3 is 9.64 Å². The number of nitrogens with zero attached hydrogens (tertiary/aromatic N) is 1. The summed E-state index contributed by atoms with van der Waals surface area (Å²) < 4.78 is 5.00. The van der Waals surface area contributed by atoms with Crippen molar-refractivity contribution in [3.63, 3.8) is 0 Å². The zero-order valence-corrected chi connectivity index (χ0v) is 9.25. The molecule has 1 saturated heterocycles. The molecule has 0 N–H and O–H groups in total. The second-order valence-corrected chi connectivity index (χ2v) is 2.90. The van der Waals surface area contributed by atoms with Crippen LogP contribution in [0.2, 0.25) is 0 Å². The van der Waals surface area contributed by atoms with Crippen LogP contribution in [0, 0.1) is 0 Å². The van der Waals surface area contributed by atoms with Crippen molar-refractivity contribution in [2.24, 2.45) is 0 Å². The number of methoxy groups -OCH3 is 1. The maximum Gasteiger partial charge on any atom is 0.0589 e. The fourth-order valence-corrected chi connectivity index (χ4v) is 1.40. The van der Waals surface area contributed by atoms with E-state index in [-0.39, 0.29) is 24.8 Å². The van der Waals surface area contributed by atoms with E-state index < -0.39 is 0 Å². The molecule has 1 heterocycles. The summed E-state index contributed by atoms with van der Waals surface area (Å²) >= 11 is 0. The molecule has 0 spiro atoms. The zero-order valence-electron chi connectivity index (χ0n) is 7.62. The third-order valence-corrected chi connectivity index (χ3v) is 2.06. The van der Waals surface area contributed by atoms with Crippen LogP contribution in [0.3, 0.4) is 0 Å². The van der Waals surface area contributed by atoms with E-state index >= 15 is 0 Å². The highest BCUT2D eigenvalue weighted by molar-refractivity contribution is 5.85. The van der Waals surface area contributed by atoms with Gasteiger partial charge in [0, 0.05) is 13.7 Å². The maximum absolute atomic E-state index is 5.00. The van der Waals surface area contributed by atoms with E-state index in [0.29, 0.717) is 0 Å². The standard InChI is InChI=1S/C8H17NO.2ClH/c1-10-8-7-9-5-3-2-4-6-9;;/h2-8H2,1H3;2*1H. The van der Waals surface area contributed by atoms with Gasteiger partial charge in [0.05, 0.1) is 6.61 Å². The number of rotatable bonds is 3. The normalized spacial score (nSPS) is 17.8. The number of hydrogen-bond acceptors (Lipinski definition) is 2. The van der Waals surface area contributed by atoms with Gasteiger partial charge in [-0.15, -0.1) is 24.8 Å². The SMILES string of the molecule is COCCN1CCCCC1.Cl.Cl. The molecular weight excluding hydrogens is 197 g/mol. The van der Waals surface area contributed by atoms with E-state index in [1.807, 2.05) is 0 Å². The summed E-state index contributed by atoms with van der Waals surface area (Å²) in [5.74, 6) is 0. The van der Waals surface area contributed by atoms with Gasteiger partial charge in [-0.1, -0.05) is 6.42 Å². The fraction of sp³-hybridized carbons (Fsp3) is 1.00. The summed E-state index contributed by atoms with van der Waals surface area (Å²) in [7, 11) is 1.77. The molecular formula is C8H19Cl2NO. The largest absolute Gasteiger partial charge is 0.383 e. The zero-order chi connectivity index (χ0) is 7.23. The molecule has 1 aliphatic rings. The molecule has 4 heteroatoms. The van der Waals surface area contributed by atoms with Crippen molar-refractivity contribution in [2.75, 3.05) is 33.4 Å². The Balaban J connectivity index is 0. The van der Waals surface area contributed by atoms with Crippen LogP contribution in [0.4, 0.5) is 0 Å². The summed E-state index contributed by atoms with van der Waals surface area (Å²) in [6.07, 6.45) is 4.18. The topological polar surface area (TPSA) is 12.5 Å². The average molecular weight is 216 g/mol. The van der Waals surface area contributed by atoms with Gasteiger partial charge in [-0.25, -0.2) is 0 Å². The van der Waals surface area contributed by atoms with Gasteiger partial charge in [0.25, 0.3) is 0 Å². The minimum Gasteiger partial charge on any atom is -0.383 e. The van der Waals surface area contributed by atoms with Gasteiger partial charge >= 0.3 is 0 Å². The first kappa shape index (κ1) is 15.0. The van der Waals surface area contributed by atoms with Crippen LogP contribution < -0.4 is 0 Å². The third-order valence-electron chi connectivity index (χ3n) is 2.06. The van der Waals surface area contributed by atoms with Gasteiger partial charge in [-0.05, 0) is 25.9 Å². The summed E-state index contributed by atoms with van der Waals surface area (Å²) in [5.41, 5.74) is 0. The molecule has 0 unspecified atom stereocenters. The van der Waals surface area contributed by atoms with Crippen molar-refractivity contribution in [3.05, 3.63) is 0 Å². The predicted octanol–water partition coefficient (Wildman–Crippen LogP) is 1.96. The van der Waals surface area contributed by atoms with E-state index in [2.05, 4.69) is 4.90 Å². The van der Waals surface area contributed by atoms with E-state index in [9.17, 15) is 0 Å². The Morgan fingerprint density at radius 3 is 2.17 bits per heavy atom. The Bertz CT molecular complexity index is 87.1. The lowest BCUT2D eigenvalue weighted by molar-refractivity contribution is 0.135. The lowest BCUT2D eigenvalue weighted by Crippen LogP contribution is -2.32. The van der Waals surface area contributed by atoms with Crippen LogP contribution in [0.15, 0.2) is 0 Å². The van der Waals surface area contributed by atoms with Crippen molar-refractivity contribution in [1.82, 2.24) is 4.90 Å². The number of ether oxygens (including phenoxy) is 1. The molecule has 0 aromatic rings. The smallest absolute Gasteiger partial charge is 0.0589 e. The second-order valence-electron chi connectivity index (χ2n) is 2.90. The Hall–Kier alpha value is 0.500. The first-order valence-corrected chi connectivity index (χ1v) is 4.15. The van der Waals surface area contributed by atoms with Crippen LogP contribution in [0.25, 0.3) is 0 Å². The molecule has 0 saturated carbocycles. The minimum absolute atomic E-state index is 0. The van der Waals surface area contributed by atoms with Gasteiger partial charge in [0.1, 0.15) is 0 Å². The second kappa shape index (κ2) is 9.59. The van der Waals surface area contributed by atoms with Crippen LogP contribution in [-0.2, 0) is 4.74 Å². The Morgan fingerprint density at radius 2 is 1.67 bits per heavy atom. The van der Waals surface area contributed by atoms with Crippen LogP contribution in [0.1, 0.15) is 19.3 Å². The minimum atomic E-state index is 0. The van der Waals surface area contributed by atoms with Crippen molar-refractivity contribution in [3.8, 4) is 0 Å². The Morgan fingerprint density at radius 1 is 1.08 bits per heavy atom. The molecule has 0 aromatic heterocycles. The highest BCUT2D eigenvalue weighted by Crippen LogP contribution is 2.07. The van der Waals surface area contributed by atoms with Gasteiger partial charge in [0.2, 0.25) is 0 Å². The molecule has 0 atom stereocenters. The lowest BCUT2D eigenvalue weighted by Gasteiger charge is -2.25. The number of likely N-dealkylation sites (tertiary alicyclic amines) is 1. The molecule has 0 aromatic carbocycles. The summed E-state index contributed by atoms with van der Waals surface area (Å²) in [5, 5.41) is 0. The van der Waals surface area contributed by atoms with E-state index in [4.69, 9.17) is 4.74 Å². The van der Waals surface area contributed by atoms with Gasteiger partial charge in [0.15, 0.2) is 0 Å². The number of piperidine rings is 1. The quantitative estimate of drug-likeness (QED) is 0.715. The molecule has 0 bridgehead atoms. The fourth-order valence-electron chi connectivity index (χ4n) is 1.40. The molecule has 12 heavy (non-hydrogen) atoms. The van der Waals surface area contributed by atoms with Crippen molar-refractivity contribution >= 4 is 24.8 Å². The lowest BCUT2D eigenvalue weighted by atomic mass is 10.1. The van der Waals surface area contributed by atoms with Crippen LogP contribution in [0.5, 0.6) is 0 Å². The first-order chi connectivity index (χ1) is 4.93. The molecule has 2 nitrogen and oxygen atoms in total.